The summed E-state index contributed by atoms with van der Waals surface area (Å²) in [5.41, 5.74) is 7.71. The highest BCUT2D eigenvalue weighted by atomic mass is 35.5. The predicted octanol–water partition coefficient (Wildman–Crippen LogP) is 4.38. The molecule has 0 atom stereocenters. The molecule has 130 valence electrons. The van der Waals surface area contributed by atoms with E-state index in [9.17, 15) is 4.79 Å². The van der Waals surface area contributed by atoms with E-state index in [4.69, 9.17) is 21.8 Å². The van der Waals surface area contributed by atoms with Gasteiger partial charge in [-0.2, -0.15) is 5.10 Å². The molecule has 4 rings (SSSR count). The Morgan fingerprint density at radius 3 is 2.73 bits per heavy atom. The molecule has 26 heavy (non-hydrogen) atoms. The molecule has 1 amide bonds. The summed E-state index contributed by atoms with van der Waals surface area (Å²) in [6.07, 6.45) is 3.19. The van der Waals surface area contributed by atoms with Crippen molar-refractivity contribution in [3.63, 3.8) is 0 Å². The third-order valence-corrected chi connectivity index (χ3v) is 5.26. The van der Waals surface area contributed by atoms with Gasteiger partial charge < -0.3 is 15.5 Å². The Kier molecular flexibility index (Phi) is 4.32. The number of carbonyl (C=O) groups excluding carboxylic acids is 1. The number of carbonyl (C=O) groups is 1. The van der Waals surface area contributed by atoms with Crippen molar-refractivity contribution in [2.45, 2.75) is 6.42 Å². The van der Waals surface area contributed by atoms with E-state index in [0.717, 1.165) is 26.2 Å². The summed E-state index contributed by atoms with van der Waals surface area (Å²) in [7, 11) is 0. The lowest BCUT2D eigenvalue weighted by atomic mass is 10.1. The Balaban J connectivity index is 1.85. The van der Waals surface area contributed by atoms with E-state index < -0.39 is 5.91 Å². The second kappa shape index (κ2) is 6.78. The van der Waals surface area contributed by atoms with Gasteiger partial charge in [-0.05, 0) is 29.8 Å². The highest BCUT2D eigenvalue weighted by Crippen LogP contribution is 2.38. The number of anilines is 2. The average molecular weight is 385 g/mol. The van der Waals surface area contributed by atoms with Crippen LogP contribution in [0.4, 0.5) is 11.5 Å². The zero-order chi connectivity index (χ0) is 18.1. The predicted molar refractivity (Wildman–Crippen MR) is 103 cm³/mol. The number of furan rings is 1. The Bertz CT molecular complexity index is 1070. The Labute approximate surface area is 157 Å². The highest BCUT2D eigenvalue weighted by Gasteiger charge is 2.16. The van der Waals surface area contributed by atoms with Gasteiger partial charge in [-0.15, -0.1) is 16.4 Å². The van der Waals surface area contributed by atoms with Crippen LogP contribution < -0.4 is 11.1 Å². The number of benzene rings is 1. The van der Waals surface area contributed by atoms with Crippen LogP contribution >= 0.6 is 22.9 Å². The molecule has 3 N–H and O–H groups in total. The third kappa shape index (κ3) is 3.26. The second-order valence-corrected chi connectivity index (χ2v) is 7.12. The van der Waals surface area contributed by atoms with E-state index in [-0.39, 0.29) is 6.42 Å². The number of amides is 1. The Morgan fingerprint density at radius 1 is 1.23 bits per heavy atom. The number of nitrogens with two attached hydrogens (primary N) is 1. The zero-order valence-electron chi connectivity index (χ0n) is 13.4. The summed E-state index contributed by atoms with van der Waals surface area (Å²) in [5.74, 6) is 0.142. The fraction of sp³-hybridized carbons (Fsp3) is 0.0556. The van der Waals surface area contributed by atoms with Crippen molar-refractivity contribution < 1.29 is 9.21 Å². The summed E-state index contributed by atoms with van der Waals surface area (Å²) in [6.45, 7) is 0. The third-order valence-electron chi connectivity index (χ3n) is 3.77. The van der Waals surface area contributed by atoms with Gasteiger partial charge in [0.15, 0.2) is 5.82 Å². The van der Waals surface area contributed by atoms with Crippen LogP contribution in [0.2, 0.25) is 5.02 Å². The summed E-state index contributed by atoms with van der Waals surface area (Å²) in [6, 6.07) is 11.4. The van der Waals surface area contributed by atoms with Gasteiger partial charge in [0.2, 0.25) is 5.91 Å². The first-order valence-corrected chi connectivity index (χ1v) is 8.92. The van der Waals surface area contributed by atoms with Gasteiger partial charge in [-0.1, -0.05) is 23.7 Å². The number of nitrogens with one attached hydrogen (secondary N) is 1. The quantitative estimate of drug-likeness (QED) is 0.532. The van der Waals surface area contributed by atoms with Gasteiger partial charge in [0, 0.05) is 15.3 Å². The molecule has 3 aromatic heterocycles. The molecule has 0 unspecified atom stereocenters. The van der Waals surface area contributed by atoms with Crippen LogP contribution in [0.1, 0.15) is 5.69 Å². The molecule has 4 aromatic rings. The number of halogens is 1. The lowest BCUT2D eigenvalue weighted by Crippen LogP contribution is -2.15. The number of thiophene rings is 1. The van der Waals surface area contributed by atoms with Crippen LogP contribution in [0.5, 0.6) is 0 Å². The SMILES string of the molecule is NC(=O)Cc1nnc(Nc2ccoc2)c2cc(-c3ccc(Cl)cc3)sc12. The molecule has 0 aliphatic heterocycles. The zero-order valence-corrected chi connectivity index (χ0v) is 15.0. The van der Waals surface area contributed by atoms with E-state index in [1.165, 1.54) is 11.3 Å². The summed E-state index contributed by atoms with van der Waals surface area (Å²) in [5, 5.41) is 13.2. The Morgan fingerprint density at radius 2 is 2.04 bits per heavy atom. The normalized spacial score (nSPS) is 11.0. The van der Waals surface area contributed by atoms with Crippen molar-refractivity contribution >= 4 is 50.4 Å². The fourth-order valence-corrected chi connectivity index (χ4v) is 3.87. The minimum atomic E-state index is -0.447. The van der Waals surface area contributed by atoms with Crippen LogP contribution in [0.15, 0.2) is 53.3 Å². The van der Waals surface area contributed by atoms with Gasteiger partial charge in [0.1, 0.15) is 6.26 Å². The Hall–Kier alpha value is -2.90. The number of aromatic nitrogens is 2. The number of primary amides is 1. The van der Waals surface area contributed by atoms with Gasteiger partial charge in [0.25, 0.3) is 0 Å². The molecule has 0 aliphatic carbocycles. The molecular weight excluding hydrogens is 372 g/mol. The number of fused-ring (bicyclic) bond motifs is 1. The molecule has 8 heteroatoms. The highest BCUT2D eigenvalue weighted by molar-refractivity contribution is 7.22. The van der Waals surface area contributed by atoms with E-state index in [1.54, 1.807) is 18.6 Å². The summed E-state index contributed by atoms with van der Waals surface area (Å²) >= 11 is 7.51. The molecule has 0 bridgehead atoms. The first-order valence-electron chi connectivity index (χ1n) is 7.73. The molecule has 0 saturated heterocycles. The standard InChI is InChI=1S/C18H13ClN4O2S/c19-11-3-1-10(2-4-11)15-7-13-17(26-15)14(8-16(20)24)22-23-18(13)21-12-5-6-25-9-12/h1-7,9H,8H2,(H2,20,24)(H,21,23). The van der Waals surface area contributed by atoms with Crippen molar-refractivity contribution in [3.8, 4) is 10.4 Å². The van der Waals surface area contributed by atoms with Gasteiger partial charge in [-0.3, -0.25) is 4.79 Å². The maximum absolute atomic E-state index is 11.4. The lowest BCUT2D eigenvalue weighted by Gasteiger charge is -2.05. The molecule has 3 heterocycles. The summed E-state index contributed by atoms with van der Waals surface area (Å²) in [4.78, 5) is 12.4. The molecule has 0 spiro atoms. The average Bonchev–Trinajstić information content (AvgIpc) is 3.27. The topological polar surface area (TPSA) is 94.0 Å². The van der Waals surface area contributed by atoms with Crippen molar-refractivity contribution in [1.82, 2.24) is 10.2 Å². The summed E-state index contributed by atoms with van der Waals surface area (Å²) < 4.78 is 5.95. The van der Waals surface area contributed by atoms with Crippen molar-refractivity contribution in [1.29, 1.82) is 0 Å². The van der Waals surface area contributed by atoms with E-state index in [2.05, 4.69) is 15.5 Å². The molecule has 0 aliphatic rings. The van der Waals surface area contributed by atoms with Gasteiger partial charge >= 0.3 is 0 Å². The number of hydrogen-bond acceptors (Lipinski definition) is 6. The molecule has 0 fully saturated rings. The van der Waals surface area contributed by atoms with Crippen molar-refractivity contribution in [2.24, 2.45) is 5.73 Å². The molecule has 0 radical (unpaired) electrons. The smallest absolute Gasteiger partial charge is 0.223 e. The first kappa shape index (κ1) is 16.6. The number of rotatable bonds is 5. The van der Waals surface area contributed by atoms with Crippen molar-refractivity contribution in [2.75, 3.05) is 5.32 Å². The monoisotopic (exact) mass is 384 g/mol. The molecule has 6 nitrogen and oxygen atoms in total. The van der Waals surface area contributed by atoms with Crippen LogP contribution in [0.3, 0.4) is 0 Å². The van der Waals surface area contributed by atoms with Gasteiger partial charge in [-0.25, -0.2) is 0 Å². The van der Waals surface area contributed by atoms with E-state index in [1.807, 2.05) is 30.3 Å². The first-order chi connectivity index (χ1) is 12.6. The maximum atomic E-state index is 11.4. The number of hydrogen-bond donors (Lipinski definition) is 2. The maximum Gasteiger partial charge on any atom is 0.223 e. The lowest BCUT2D eigenvalue weighted by molar-refractivity contribution is -0.117. The minimum Gasteiger partial charge on any atom is -0.470 e. The van der Waals surface area contributed by atoms with Crippen LogP contribution in [0, 0.1) is 0 Å². The largest absolute Gasteiger partial charge is 0.470 e. The molecule has 1 aromatic carbocycles. The van der Waals surface area contributed by atoms with Crippen LogP contribution in [-0.4, -0.2) is 16.1 Å². The van der Waals surface area contributed by atoms with Crippen LogP contribution in [-0.2, 0) is 11.2 Å². The van der Waals surface area contributed by atoms with Gasteiger partial charge in [0.05, 0.1) is 28.8 Å². The minimum absolute atomic E-state index is 0.0378. The molecule has 0 saturated carbocycles. The van der Waals surface area contributed by atoms with E-state index >= 15 is 0 Å². The fourth-order valence-electron chi connectivity index (χ4n) is 2.59. The second-order valence-electron chi connectivity index (χ2n) is 5.64. The van der Waals surface area contributed by atoms with E-state index in [0.29, 0.717) is 16.5 Å². The van der Waals surface area contributed by atoms with Crippen molar-refractivity contribution in [3.05, 3.63) is 59.6 Å². The number of nitrogens with zero attached hydrogens (tertiary/aromatic N) is 2. The van der Waals surface area contributed by atoms with Crippen LogP contribution in [0.25, 0.3) is 20.5 Å². The molecular formula is C18H13ClN4O2S.